The van der Waals surface area contributed by atoms with E-state index in [1.807, 2.05) is 5.48 Å². The predicted molar refractivity (Wildman–Crippen MR) is 110 cm³/mol. The summed E-state index contributed by atoms with van der Waals surface area (Å²) in [6, 6.07) is 2.13. The highest BCUT2D eigenvalue weighted by molar-refractivity contribution is 5.92. The predicted octanol–water partition coefficient (Wildman–Crippen LogP) is 1.86. The van der Waals surface area contributed by atoms with Crippen LogP contribution in [0.4, 0.5) is 23.9 Å². The molecule has 3 heterocycles. The summed E-state index contributed by atoms with van der Waals surface area (Å²) in [7, 11) is 1.22. The molecule has 1 aromatic heterocycles. The van der Waals surface area contributed by atoms with Crippen LogP contribution in [-0.2, 0) is 4.84 Å². The number of benzene rings is 1. The van der Waals surface area contributed by atoms with Crippen molar-refractivity contribution in [1.29, 1.82) is 0 Å². The molecule has 4 rings (SSSR count). The smallest absolute Gasteiger partial charge is 0.337 e. The second-order valence-electron chi connectivity index (χ2n) is 7.36. The van der Waals surface area contributed by atoms with E-state index in [4.69, 9.17) is 0 Å². The number of hydrogen-bond donors (Lipinski definition) is 1. The van der Waals surface area contributed by atoms with E-state index in [9.17, 15) is 22.8 Å². The molecule has 0 bridgehead atoms. The van der Waals surface area contributed by atoms with Crippen LogP contribution in [0.1, 0.15) is 28.5 Å². The Bertz CT molecular complexity index is 1070. The second-order valence-corrected chi connectivity index (χ2v) is 7.36. The average molecular weight is 463 g/mol. The normalized spacial score (nSPS) is 18.1. The number of carbonyl (C=O) groups is 2. The number of carbonyl (C=O) groups excluding carboxylic acids is 2. The lowest BCUT2D eigenvalue weighted by molar-refractivity contribution is 0.0527. The fourth-order valence-corrected chi connectivity index (χ4v) is 3.70. The number of piperazine rings is 1. The Morgan fingerprint density at radius 3 is 2.45 bits per heavy atom. The minimum absolute atomic E-state index is 0.136. The zero-order valence-corrected chi connectivity index (χ0v) is 17.5. The number of urea groups is 1. The molecule has 1 atom stereocenters. The number of hydrogen-bond acceptors (Lipinski definition) is 7. The highest BCUT2D eigenvalue weighted by Gasteiger charge is 2.34. The first-order chi connectivity index (χ1) is 15.9. The summed E-state index contributed by atoms with van der Waals surface area (Å²) < 4.78 is 41.2. The van der Waals surface area contributed by atoms with Crippen LogP contribution in [0.25, 0.3) is 0 Å². The Morgan fingerprint density at radius 1 is 1.09 bits per heavy atom. The molecule has 0 aliphatic carbocycles. The lowest BCUT2D eigenvalue weighted by Gasteiger charge is -2.37. The van der Waals surface area contributed by atoms with Gasteiger partial charge in [-0.1, -0.05) is 0 Å². The molecule has 1 fully saturated rings. The molecule has 1 aromatic carbocycles. The van der Waals surface area contributed by atoms with E-state index < -0.39 is 41.1 Å². The number of hydroxylamine groups is 1. The molecule has 1 saturated heterocycles. The molecule has 0 saturated carbocycles. The van der Waals surface area contributed by atoms with E-state index in [-0.39, 0.29) is 19.0 Å². The van der Waals surface area contributed by atoms with E-state index >= 15 is 0 Å². The Kier molecular flexibility index (Phi) is 6.40. The number of halogens is 3. The molecule has 2 aliphatic heterocycles. The number of rotatable bonds is 4. The molecule has 10 nitrogen and oxygen atoms in total. The maximum absolute atomic E-state index is 13.9. The number of amides is 3. The van der Waals surface area contributed by atoms with Crippen LogP contribution in [0, 0.1) is 17.5 Å². The van der Waals surface area contributed by atoms with Crippen molar-refractivity contribution in [2.24, 2.45) is 5.10 Å². The fraction of sp³-hybridized carbons (Fsp3) is 0.350. The van der Waals surface area contributed by atoms with Gasteiger partial charge < -0.3 is 9.80 Å². The largest absolute Gasteiger partial charge is 0.341 e. The van der Waals surface area contributed by atoms with Gasteiger partial charge in [0.05, 0.1) is 19.3 Å². The SMILES string of the molecule is CONC(=O)c1nc(N2CCN(C(=O)N3N=CC[C@H]3c3cc(F)cc(F)c3)CC2)ncc1F. The molecule has 2 aromatic rings. The van der Waals surface area contributed by atoms with Gasteiger partial charge in [-0.05, 0) is 17.7 Å². The highest BCUT2D eigenvalue weighted by Crippen LogP contribution is 2.30. The third kappa shape index (κ3) is 4.72. The van der Waals surface area contributed by atoms with Crippen molar-refractivity contribution in [3.8, 4) is 0 Å². The molecule has 2 aliphatic rings. The maximum atomic E-state index is 13.9. The number of anilines is 1. The fourth-order valence-electron chi connectivity index (χ4n) is 3.70. The van der Waals surface area contributed by atoms with Gasteiger partial charge in [-0.15, -0.1) is 0 Å². The molecule has 0 spiro atoms. The van der Waals surface area contributed by atoms with Crippen LogP contribution in [0.5, 0.6) is 0 Å². The Balaban J connectivity index is 1.42. The van der Waals surface area contributed by atoms with Crippen molar-refractivity contribution in [3.63, 3.8) is 0 Å². The topological polar surface area (TPSA) is 103 Å². The number of hydrazone groups is 1. The van der Waals surface area contributed by atoms with Crippen LogP contribution in [0.15, 0.2) is 29.5 Å². The van der Waals surface area contributed by atoms with Crippen molar-refractivity contribution in [3.05, 3.63) is 53.1 Å². The molecule has 1 N–H and O–H groups in total. The lowest BCUT2D eigenvalue weighted by Crippen LogP contribution is -2.52. The van der Waals surface area contributed by atoms with E-state index in [1.165, 1.54) is 30.5 Å². The first-order valence-corrected chi connectivity index (χ1v) is 10.0. The molecule has 0 radical (unpaired) electrons. The quantitative estimate of drug-likeness (QED) is 0.695. The van der Waals surface area contributed by atoms with Crippen LogP contribution in [0.2, 0.25) is 0 Å². The van der Waals surface area contributed by atoms with E-state index in [1.54, 1.807) is 9.80 Å². The van der Waals surface area contributed by atoms with Crippen LogP contribution in [0.3, 0.4) is 0 Å². The van der Waals surface area contributed by atoms with Gasteiger partial charge >= 0.3 is 6.03 Å². The summed E-state index contributed by atoms with van der Waals surface area (Å²) in [6.07, 6.45) is 2.76. The van der Waals surface area contributed by atoms with Crippen molar-refractivity contribution >= 4 is 24.1 Å². The van der Waals surface area contributed by atoms with Gasteiger partial charge in [-0.2, -0.15) is 5.10 Å². The van der Waals surface area contributed by atoms with E-state index in [0.717, 1.165) is 12.3 Å². The van der Waals surface area contributed by atoms with E-state index in [2.05, 4.69) is 19.9 Å². The van der Waals surface area contributed by atoms with Crippen molar-refractivity contribution in [2.45, 2.75) is 12.5 Å². The minimum Gasteiger partial charge on any atom is -0.337 e. The summed E-state index contributed by atoms with van der Waals surface area (Å²) in [5.74, 6) is -3.06. The van der Waals surface area contributed by atoms with Gasteiger partial charge in [0.1, 0.15) is 11.6 Å². The molecule has 3 amide bonds. The number of nitrogens with zero attached hydrogens (tertiary/aromatic N) is 6. The third-order valence-corrected chi connectivity index (χ3v) is 5.27. The zero-order valence-electron chi connectivity index (χ0n) is 17.5. The zero-order chi connectivity index (χ0) is 23.5. The molecule has 0 unspecified atom stereocenters. The van der Waals surface area contributed by atoms with Crippen LogP contribution < -0.4 is 10.4 Å². The van der Waals surface area contributed by atoms with Gasteiger partial charge in [-0.3, -0.25) is 9.63 Å². The highest BCUT2D eigenvalue weighted by atomic mass is 19.1. The van der Waals surface area contributed by atoms with Crippen LogP contribution in [-0.4, -0.2) is 71.3 Å². The second kappa shape index (κ2) is 9.40. The van der Waals surface area contributed by atoms with Gasteiger partial charge in [0.25, 0.3) is 5.91 Å². The summed E-state index contributed by atoms with van der Waals surface area (Å²) in [5.41, 5.74) is 1.86. The first-order valence-electron chi connectivity index (χ1n) is 10.0. The van der Waals surface area contributed by atoms with Gasteiger partial charge in [0.15, 0.2) is 11.5 Å². The van der Waals surface area contributed by atoms with Gasteiger partial charge in [0.2, 0.25) is 5.95 Å². The molecular weight excluding hydrogens is 443 g/mol. The average Bonchev–Trinajstić information content (AvgIpc) is 3.28. The summed E-state index contributed by atoms with van der Waals surface area (Å²) in [5, 5.41) is 5.31. The van der Waals surface area contributed by atoms with Gasteiger partial charge in [-0.25, -0.2) is 38.4 Å². The Hall–Kier alpha value is -3.74. The van der Waals surface area contributed by atoms with Crippen molar-refractivity contribution in [2.75, 3.05) is 38.2 Å². The summed E-state index contributed by atoms with van der Waals surface area (Å²) >= 11 is 0. The van der Waals surface area contributed by atoms with Crippen LogP contribution >= 0.6 is 0 Å². The summed E-state index contributed by atoms with van der Waals surface area (Å²) in [4.78, 5) is 40.6. The van der Waals surface area contributed by atoms with Crippen molar-refractivity contribution in [1.82, 2.24) is 25.4 Å². The van der Waals surface area contributed by atoms with Gasteiger partial charge in [0, 0.05) is 44.9 Å². The molecule has 13 heteroatoms. The third-order valence-electron chi connectivity index (χ3n) is 5.27. The lowest BCUT2D eigenvalue weighted by atomic mass is 10.0. The number of nitrogens with one attached hydrogen (secondary N) is 1. The van der Waals surface area contributed by atoms with E-state index in [0.29, 0.717) is 25.1 Å². The molecule has 174 valence electrons. The minimum atomic E-state index is -0.895. The first kappa shape index (κ1) is 22.5. The summed E-state index contributed by atoms with van der Waals surface area (Å²) in [6.45, 7) is 1.18. The molecule has 33 heavy (non-hydrogen) atoms. The number of aromatic nitrogens is 2. The monoisotopic (exact) mass is 463 g/mol. The van der Waals surface area contributed by atoms with Crippen molar-refractivity contribution < 1.29 is 27.6 Å². The Labute approximate surface area is 186 Å². The molecular formula is C20H20F3N7O3. The maximum Gasteiger partial charge on any atom is 0.341 e. The standard InChI is InChI=1S/C20H20F3N7O3/c1-33-27-18(31)17-15(23)11-24-19(26-17)28-4-6-29(7-5-28)20(32)30-16(2-3-25-30)12-8-13(21)10-14(22)9-12/h3,8-11,16H,2,4-7H2,1H3,(H,27,31)/t16-/m0/s1. The Morgan fingerprint density at radius 2 is 1.79 bits per heavy atom.